The number of aryl methyl sites for hydroxylation is 1. The van der Waals surface area contributed by atoms with Crippen LogP contribution in [0, 0.1) is 6.92 Å². The lowest BCUT2D eigenvalue weighted by Crippen LogP contribution is -2.10. The van der Waals surface area contributed by atoms with Crippen molar-refractivity contribution in [3.05, 3.63) is 58.0 Å². The summed E-state index contributed by atoms with van der Waals surface area (Å²) in [5.74, 6) is 0.534. The van der Waals surface area contributed by atoms with Gasteiger partial charge in [-0.15, -0.1) is 0 Å². The minimum absolute atomic E-state index is 0.185. The highest BCUT2D eigenvalue weighted by molar-refractivity contribution is 5.67. The highest BCUT2D eigenvalue weighted by Gasteiger charge is 2.00. The summed E-state index contributed by atoms with van der Waals surface area (Å²) in [6.45, 7) is 3.81. The molecule has 0 aliphatic rings. The fraction of sp³-hybridized carbons (Fsp3) is 0.214. The average molecular weight is 256 g/mol. The van der Waals surface area contributed by atoms with E-state index >= 15 is 0 Å². The van der Waals surface area contributed by atoms with E-state index in [1.165, 1.54) is 11.6 Å². The van der Waals surface area contributed by atoms with Gasteiger partial charge >= 0.3 is 0 Å². The molecule has 0 fully saturated rings. The van der Waals surface area contributed by atoms with Crippen molar-refractivity contribution in [1.29, 1.82) is 0 Å². The van der Waals surface area contributed by atoms with E-state index in [1.54, 1.807) is 13.1 Å². The summed E-state index contributed by atoms with van der Waals surface area (Å²) in [5, 5.41) is 4.09. The SMILES string of the molecule is Cc1cc(=O)[nH]c(N/N=C\[C@@H](C)c2ccccc2)n1. The van der Waals surface area contributed by atoms with E-state index in [2.05, 4.69) is 20.5 Å². The van der Waals surface area contributed by atoms with Crippen molar-refractivity contribution in [3.63, 3.8) is 0 Å². The Kier molecular flexibility index (Phi) is 4.07. The number of nitrogens with zero attached hydrogens (tertiary/aromatic N) is 2. The summed E-state index contributed by atoms with van der Waals surface area (Å²) in [6.07, 6.45) is 1.78. The van der Waals surface area contributed by atoms with Crippen LogP contribution in [-0.2, 0) is 0 Å². The lowest BCUT2D eigenvalue weighted by atomic mass is 10.0. The maximum absolute atomic E-state index is 11.2. The van der Waals surface area contributed by atoms with E-state index in [0.29, 0.717) is 11.6 Å². The molecule has 1 aromatic carbocycles. The van der Waals surface area contributed by atoms with Gasteiger partial charge in [0.25, 0.3) is 5.56 Å². The zero-order valence-electron chi connectivity index (χ0n) is 10.9. The number of anilines is 1. The number of hydrazone groups is 1. The van der Waals surface area contributed by atoms with Crippen molar-refractivity contribution in [2.75, 3.05) is 5.43 Å². The number of aromatic amines is 1. The normalized spacial score (nSPS) is 12.5. The van der Waals surface area contributed by atoms with Gasteiger partial charge in [0.2, 0.25) is 5.95 Å². The van der Waals surface area contributed by atoms with Crippen LogP contribution in [0.15, 0.2) is 46.3 Å². The molecule has 0 unspecified atom stereocenters. The molecule has 0 radical (unpaired) electrons. The second kappa shape index (κ2) is 5.95. The molecule has 0 spiro atoms. The van der Waals surface area contributed by atoms with Crippen LogP contribution < -0.4 is 11.0 Å². The summed E-state index contributed by atoms with van der Waals surface area (Å²) >= 11 is 0. The molecule has 0 saturated heterocycles. The third kappa shape index (κ3) is 3.77. The van der Waals surface area contributed by atoms with E-state index in [4.69, 9.17) is 0 Å². The van der Waals surface area contributed by atoms with Crippen molar-refractivity contribution in [2.45, 2.75) is 19.8 Å². The highest BCUT2D eigenvalue weighted by atomic mass is 16.1. The van der Waals surface area contributed by atoms with E-state index in [9.17, 15) is 4.79 Å². The van der Waals surface area contributed by atoms with Crippen molar-refractivity contribution >= 4 is 12.2 Å². The van der Waals surface area contributed by atoms with E-state index in [-0.39, 0.29) is 11.5 Å². The molecule has 0 aliphatic heterocycles. The van der Waals surface area contributed by atoms with Gasteiger partial charge in [-0.05, 0) is 12.5 Å². The smallest absolute Gasteiger partial charge is 0.252 e. The number of H-pyrrole nitrogens is 1. The number of nitrogens with one attached hydrogen (secondary N) is 2. The third-order valence-corrected chi connectivity index (χ3v) is 2.66. The fourth-order valence-electron chi connectivity index (χ4n) is 1.68. The predicted octanol–water partition coefficient (Wildman–Crippen LogP) is 2.28. The van der Waals surface area contributed by atoms with E-state index in [1.807, 2.05) is 37.3 Å². The standard InChI is InChI=1S/C14H16N4O/c1-10(12-6-4-3-5-7-12)9-15-18-14-16-11(2)8-13(19)17-14/h3-10H,1-2H3,(H2,16,17,18,19)/b15-9-/t10-/m1/s1. The Bertz CT molecular complexity index is 619. The summed E-state index contributed by atoms with van der Waals surface area (Å²) in [6, 6.07) is 11.5. The van der Waals surface area contributed by atoms with Gasteiger partial charge in [0, 0.05) is 23.9 Å². The molecule has 2 aromatic rings. The average Bonchev–Trinajstić information content (AvgIpc) is 2.38. The molecule has 0 aliphatic carbocycles. The first-order valence-corrected chi connectivity index (χ1v) is 6.07. The molecular formula is C14H16N4O. The van der Waals surface area contributed by atoms with Crippen LogP contribution in [0.3, 0.4) is 0 Å². The molecule has 19 heavy (non-hydrogen) atoms. The van der Waals surface area contributed by atoms with Crippen LogP contribution in [0.4, 0.5) is 5.95 Å². The van der Waals surface area contributed by atoms with E-state index < -0.39 is 0 Å². The Morgan fingerprint density at radius 1 is 1.37 bits per heavy atom. The Labute approximate surface area is 111 Å². The summed E-state index contributed by atoms with van der Waals surface area (Å²) in [7, 11) is 0. The maximum atomic E-state index is 11.2. The van der Waals surface area contributed by atoms with Crippen molar-refractivity contribution < 1.29 is 0 Å². The zero-order chi connectivity index (χ0) is 13.7. The van der Waals surface area contributed by atoms with Gasteiger partial charge in [0.1, 0.15) is 0 Å². The monoisotopic (exact) mass is 256 g/mol. The van der Waals surface area contributed by atoms with Gasteiger partial charge in [-0.1, -0.05) is 37.3 Å². The maximum Gasteiger partial charge on any atom is 0.252 e. The first kappa shape index (κ1) is 13.0. The van der Waals surface area contributed by atoms with Gasteiger partial charge in [0.15, 0.2) is 0 Å². The number of hydrogen-bond acceptors (Lipinski definition) is 4. The molecular weight excluding hydrogens is 240 g/mol. The molecule has 1 aromatic heterocycles. The zero-order valence-corrected chi connectivity index (χ0v) is 10.9. The van der Waals surface area contributed by atoms with E-state index in [0.717, 1.165) is 0 Å². The first-order chi connectivity index (χ1) is 9.15. The minimum Gasteiger partial charge on any atom is -0.291 e. The summed E-state index contributed by atoms with van der Waals surface area (Å²) < 4.78 is 0. The van der Waals surface area contributed by atoms with Crippen LogP contribution in [0.5, 0.6) is 0 Å². The number of rotatable bonds is 4. The largest absolute Gasteiger partial charge is 0.291 e. The van der Waals surface area contributed by atoms with Crippen LogP contribution in [0.1, 0.15) is 24.1 Å². The second-order valence-corrected chi connectivity index (χ2v) is 4.32. The van der Waals surface area contributed by atoms with Crippen LogP contribution in [0.2, 0.25) is 0 Å². The quantitative estimate of drug-likeness (QED) is 0.651. The lowest BCUT2D eigenvalue weighted by molar-refractivity contribution is 1.01. The van der Waals surface area contributed by atoms with Crippen LogP contribution in [-0.4, -0.2) is 16.2 Å². The molecule has 2 rings (SSSR count). The Morgan fingerprint density at radius 2 is 2.11 bits per heavy atom. The Balaban J connectivity index is 2.02. The van der Waals surface area contributed by atoms with Gasteiger partial charge in [-0.25, -0.2) is 10.4 Å². The first-order valence-electron chi connectivity index (χ1n) is 6.07. The number of aromatic nitrogens is 2. The summed E-state index contributed by atoms with van der Waals surface area (Å²) in [4.78, 5) is 17.9. The molecule has 2 N–H and O–H groups in total. The highest BCUT2D eigenvalue weighted by Crippen LogP contribution is 2.11. The van der Waals surface area contributed by atoms with Crippen molar-refractivity contribution in [1.82, 2.24) is 9.97 Å². The molecule has 5 nitrogen and oxygen atoms in total. The number of benzene rings is 1. The number of hydrogen-bond donors (Lipinski definition) is 2. The van der Waals surface area contributed by atoms with Crippen LogP contribution in [0.25, 0.3) is 0 Å². The molecule has 0 amide bonds. The second-order valence-electron chi connectivity index (χ2n) is 4.32. The molecule has 5 heteroatoms. The molecule has 98 valence electrons. The minimum atomic E-state index is -0.193. The third-order valence-electron chi connectivity index (χ3n) is 2.66. The molecule has 1 atom stereocenters. The van der Waals surface area contributed by atoms with Gasteiger partial charge < -0.3 is 0 Å². The Hall–Kier alpha value is -2.43. The van der Waals surface area contributed by atoms with Gasteiger partial charge in [-0.3, -0.25) is 9.78 Å². The van der Waals surface area contributed by atoms with Gasteiger partial charge in [-0.2, -0.15) is 5.10 Å². The Morgan fingerprint density at radius 3 is 2.79 bits per heavy atom. The summed E-state index contributed by atoms with van der Waals surface area (Å²) in [5.41, 5.74) is 4.37. The molecule has 1 heterocycles. The van der Waals surface area contributed by atoms with Crippen molar-refractivity contribution in [2.24, 2.45) is 5.10 Å². The van der Waals surface area contributed by atoms with Crippen molar-refractivity contribution in [3.8, 4) is 0 Å². The predicted molar refractivity (Wildman–Crippen MR) is 76.6 cm³/mol. The van der Waals surface area contributed by atoms with Gasteiger partial charge in [0.05, 0.1) is 0 Å². The van der Waals surface area contributed by atoms with Crippen LogP contribution >= 0.6 is 0 Å². The molecule has 0 saturated carbocycles. The lowest BCUT2D eigenvalue weighted by Gasteiger charge is -2.05. The fourth-order valence-corrected chi connectivity index (χ4v) is 1.68. The molecule has 0 bridgehead atoms. The topological polar surface area (TPSA) is 70.1 Å².